The second-order valence-electron chi connectivity index (χ2n) is 3.65. The van der Waals surface area contributed by atoms with Gasteiger partial charge in [-0.05, 0) is 41.9 Å². The lowest BCUT2D eigenvalue weighted by Crippen LogP contribution is -2.41. The Kier molecular flexibility index (Phi) is 2.68. The van der Waals surface area contributed by atoms with Crippen LogP contribution < -0.4 is 10.2 Å². The maximum absolute atomic E-state index is 3.57. The van der Waals surface area contributed by atoms with E-state index in [0.29, 0.717) is 6.04 Å². The lowest BCUT2D eigenvalue weighted by atomic mass is 10.1. The number of para-hydroxylation sites is 1. The molecule has 1 aliphatic heterocycles. The number of benzene rings is 1. The Hall–Kier alpha value is -0.700. The van der Waals surface area contributed by atoms with Crippen molar-refractivity contribution in [1.82, 2.24) is 0 Å². The van der Waals surface area contributed by atoms with Crippen molar-refractivity contribution < 1.29 is 0 Å². The van der Waals surface area contributed by atoms with Crippen LogP contribution in [0.2, 0.25) is 0 Å². The zero-order valence-electron chi connectivity index (χ0n) is 8.55. The zero-order chi connectivity index (χ0) is 10.1. The van der Waals surface area contributed by atoms with Gasteiger partial charge in [0, 0.05) is 23.6 Å². The summed E-state index contributed by atoms with van der Waals surface area (Å²) < 4.78 is 1.15. The van der Waals surface area contributed by atoms with Gasteiger partial charge in [0.1, 0.15) is 0 Å². The van der Waals surface area contributed by atoms with Gasteiger partial charge in [-0.3, -0.25) is 0 Å². The summed E-state index contributed by atoms with van der Waals surface area (Å²) in [6.45, 7) is 6.53. The third-order valence-electron chi connectivity index (χ3n) is 2.75. The first kappa shape index (κ1) is 9.84. The molecule has 1 aromatic carbocycles. The second-order valence-corrected chi connectivity index (χ2v) is 4.50. The Bertz CT molecular complexity index is 338. The van der Waals surface area contributed by atoms with E-state index in [1.807, 2.05) is 0 Å². The fourth-order valence-corrected chi connectivity index (χ4v) is 2.50. The zero-order valence-corrected chi connectivity index (χ0v) is 10.1. The van der Waals surface area contributed by atoms with Gasteiger partial charge in [0.15, 0.2) is 0 Å². The van der Waals surface area contributed by atoms with Crippen molar-refractivity contribution in [2.45, 2.75) is 19.9 Å². The van der Waals surface area contributed by atoms with E-state index in [9.17, 15) is 0 Å². The van der Waals surface area contributed by atoms with Crippen LogP contribution in [-0.4, -0.2) is 19.1 Å². The molecule has 1 heterocycles. The summed E-state index contributed by atoms with van der Waals surface area (Å²) in [5.41, 5.74) is 2.54. The summed E-state index contributed by atoms with van der Waals surface area (Å²) in [6, 6.07) is 6.91. The average molecular weight is 255 g/mol. The molecule has 0 amide bonds. The molecule has 14 heavy (non-hydrogen) atoms. The molecule has 1 aromatic rings. The normalized spacial score (nSPS) is 20.2. The molecule has 3 heteroatoms. The van der Waals surface area contributed by atoms with Crippen LogP contribution in [0, 0.1) is 0 Å². The number of fused-ring (bicyclic) bond motifs is 1. The van der Waals surface area contributed by atoms with Crippen molar-refractivity contribution >= 4 is 27.3 Å². The molecule has 0 saturated carbocycles. The monoisotopic (exact) mass is 254 g/mol. The van der Waals surface area contributed by atoms with Gasteiger partial charge < -0.3 is 10.2 Å². The van der Waals surface area contributed by atoms with E-state index in [2.05, 4.69) is 58.2 Å². The Morgan fingerprint density at radius 1 is 1.57 bits per heavy atom. The van der Waals surface area contributed by atoms with E-state index in [1.165, 1.54) is 11.4 Å². The smallest absolute Gasteiger partial charge is 0.0723 e. The molecule has 0 saturated heterocycles. The number of nitrogens with one attached hydrogen (secondary N) is 1. The minimum absolute atomic E-state index is 0.571. The van der Waals surface area contributed by atoms with Crippen LogP contribution >= 0.6 is 15.9 Å². The van der Waals surface area contributed by atoms with Crippen LogP contribution in [0.25, 0.3) is 0 Å². The van der Waals surface area contributed by atoms with Gasteiger partial charge in [-0.15, -0.1) is 0 Å². The van der Waals surface area contributed by atoms with Crippen molar-refractivity contribution in [3.05, 3.63) is 22.7 Å². The largest absolute Gasteiger partial charge is 0.380 e. The third kappa shape index (κ3) is 1.50. The van der Waals surface area contributed by atoms with E-state index >= 15 is 0 Å². The molecule has 1 N–H and O–H groups in total. The van der Waals surface area contributed by atoms with Crippen LogP contribution in [0.4, 0.5) is 11.4 Å². The van der Waals surface area contributed by atoms with Gasteiger partial charge in [-0.1, -0.05) is 6.07 Å². The highest BCUT2D eigenvalue weighted by molar-refractivity contribution is 9.10. The molecule has 0 aromatic heterocycles. The molecule has 2 rings (SSSR count). The first-order valence-corrected chi connectivity index (χ1v) is 5.82. The van der Waals surface area contributed by atoms with Crippen LogP contribution in [-0.2, 0) is 0 Å². The number of hydrogen-bond acceptors (Lipinski definition) is 2. The molecule has 0 fully saturated rings. The highest BCUT2D eigenvalue weighted by atomic mass is 79.9. The van der Waals surface area contributed by atoms with Gasteiger partial charge in [0.05, 0.1) is 11.4 Å². The summed E-state index contributed by atoms with van der Waals surface area (Å²) in [4.78, 5) is 2.43. The lowest BCUT2D eigenvalue weighted by molar-refractivity contribution is 0.658. The van der Waals surface area contributed by atoms with E-state index in [1.54, 1.807) is 0 Å². The molecule has 0 aliphatic carbocycles. The maximum Gasteiger partial charge on any atom is 0.0723 e. The fraction of sp³-hybridized carbons (Fsp3) is 0.455. The van der Waals surface area contributed by atoms with Crippen LogP contribution in [0.3, 0.4) is 0 Å². The van der Waals surface area contributed by atoms with Crippen LogP contribution in [0.5, 0.6) is 0 Å². The number of rotatable bonds is 1. The molecule has 1 atom stereocenters. The van der Waals surface area contributed by atoms with Crippen molar-refractivity contribution in [2.24, 2.45) is 0 Å². The topological polar surface area (TPSA) is 15.3 Å². The molecule has 1 aliphatic rings. The minimum atomic E-state index is 0.571. The van der Waals surface area contributed by atoms with Crippen molar-refractivity contribution in [2.75, 3.05) is 23.3 Å². The molecular weight excluding hydrogens is 240 g/mol. The first-order valence-electron chi connectivity index (χ1n) is 5.03. The lowest BCUT2D eigenvalue weighted by Gasteiger charge is -2.37. The highest BCUT2D eigenvalue weighted by Crippen LogP contribution is 2.36. The molecular formula is C11H15BrN2. The van der Waals surface area contributed by atoms with Crippen molar-refractivity contribution in [1.29, 1.82) is 0 Å². The SMILES string of the molecule is CCN1c2cccc(Br)c2NCC1C. The van der Waals surface area contributed by atoms with E-state index < -0.39 is 0 Å². The third-order valence-corrected chi connectivity index (χ3v) is 3.41. The number of anilines is 2. The quantitative estimate of drug-likeness (QED) is 0.829. The van der Waals surface area contributed by atoms with Crippen molar-refractivity contribution in [3.8, 4) is 0 Å². The number of nitrogens with zero attached hydrogens (tertiary/aromatic N) is 1. The summed E-state index contributed by atoms with van der Waals surface area (Å²) in [6.07, 6.45) is 0. The molecule has 0 radical (unpaired) electrons. The number of likely N-dealkylation sites (N-methyl/N-ethyl adjacent to an activating group) is 1. The molecule has 1 unspecified atom stereocenters. The Labute approximate surface area is 93.4 Å². The van der Waals surface area contributed by atoms with Gasteiger partial charge in [-0.25, -0.2) is 0 Å². The Morgan fingerprint density at radius 2 is 2.36 bits per heavy atom. The highest BCUT2D eigenvalue weighted by Gasteiger charge is 2.22. The van der Waals surface area contributed by atoms with Gasteiger partial charge in [-0.2, -0.15) is 0 Å². The van der Waals surface area contributed by atoms with Gasteiger partial charge in [0.2, 0.25) is 0 Å². The number of hydrogen-bond donors (Lipinski definition) is 1. The summed E-state index contributed by atoms with van der Waals surface area (Å²) >= 11 is 3.57. The standard InChI is InChI=1S/C11H15BrN2/c1-3-14-8(2)7-13-11-9(12)5-4-6-10(11)14/h4-6,8,13H,3,7H2,1-2H3. The Morgan fingerprint density at radius 3 is 3.07 bits per heavy atom. The van der Waals surface area contributed by atoms with Gasteiger partial charge >= 0.3 is 0 Å². The molecule has 0 spiro atoms. The Balaban J connectivity index is 2.46. The van der Waals surface area contributed by atoms with Crippen molar-refractivity contribution in [3.63, 3.8) is 0 Å². The predicted molar refractivity (Wildman–Crippen MR) is 65.1 cm³/mol. The molecule has 0 bridgehead atoms. The molecule has 76 valence electrons. The first-order chi connectivity index (χ1) is 6.74. The summed E-state index contributed by atoms with van der Waals surface area (Å²) in [5, 5.41) is 3.46. The van der Waals surface area contributed by atoms with Crippen LogP contribution in [0.15, 0.2) is 22.7 Å². The second kappa shape index (κ2) is 3.81. The number of halogens is 1. The van der Waals surface area contributed by atoms with Gasteiger partial charge in [0.25, 0.3) is 0 Å². The average Bonchev–Trinajstić information content (AvgIpc) is 2.18. The summed E-state index contributed by atoms with van der Waals surface area (Å²) in [7, 11) is 0. The predicted octanol–water partition coefficient (Wildman–Crippen LogP) is 3.09. The van der Waals surface area contributed by atoms with E-state index in [-0.39, 0.29) is 0 Å². The van der Waals surface area contributed by atoms with E-state index in [4.69, 9.17) is 0 Å². The fourth-order valence-electron chi connectivity index (χ4n) is 2.01. The summed E-state index contributed by atoms with van der Waals surface area (Å²) in [5.74, 6) is 0. The van der Waals surface area contributed by atoms with E-state index in [0.717, 1.165) is 17.6 Å². The maximum atomic E-state index is 3.57. The minimum Gasteiger partial charge on any atom is -0.380 e. The molecule has 2 nitrogen and oxygen atoms in total. The van der Waals surface area contributed by atoms with Crippen LogP contribution in [0.1, 0.15) is 13.8 Å².